The van der Waals surface area contributed by atoms with Crippen LogP contribution in [-0.2, 0) is 24.4 Å². The molecule has 0 aliphatic heterocycles. The first-order valence-electron chi connectivity index (χ1n) is 9.22. The average Bonchev–Trinajstić information content (AvgIpc) is 3.46. The van der Waals surface area contributed by atoms with Gasteiger partial charge in [0.1, 0.15) is 5.82 Å². The summed E-state index contributed by atoms with van der Waals surface area (Å²) in [5, 5.41) is 0. The van der Waals surface area contributed by atoms with Gasteiger partial charge in [-0.25, -0.2) is 13.8 Å². The van der Waals surface area contributed by atoms with Gasteiger partial charge in [-0.3, -0.25) is 9.78 Å². The van der Waals surface area contributed by atoms with E-state index in [2.05, 4.69) is 9.97 Å². The Labute approximate surface area is 161 Å². The van der Waals surface area contributed by atoms with Crippen LogP contribution in [0.2, 0.25) is 0 Å². The molecule has 1 aromatic carbocycles. The first-order chi connectivity index (χ1) is 13.6. The van der Waals surface area contributed by atoms with Gasteiger partial charge in [-0.1, -0.05) is 12.1 Å². The Morgan fingerprint density at radius 2 is 1.96 bits per heavy atom. The predicted octanol–water partition coefficient (Wildman–Crippen LogP) is 3.54. The zero-order valence-corrected chi connectivity index (χ0v) is 15.3. The highest BCUT2D eigenvalue weighted by Crippen LogP contribution is 2.32. The van der Waals surface area contributed by atoms with Gasteiger partial charge in [0.25, 0.3) is 0 Å². The molecule has 0 spiro atoms. The lowest BCUT2D eigenvalue weighted by molar-refractivity contribution is -0.134. The first-order valence-corrected chi connectivity index (χ1v) is 9.22. The Kier molecular flexibility index (Phi) is 5.14. The smallest absolute Gasteiger partial charge is 0.226 e. The molecule has 3 aromatic rings. The second-order valence-corrected chi connectivity index (χ2v) is 7.05. The number of carbonyl (C=O) groups is 1. The van der Waals surface area contributed by atoms with Crippen molar-refractivity contribution >= 4 is 5.91 Å². The summed E-state index contributed by atoms with van der Waals surface area (Å²) in [6.45, 7) is 1.16. The Bertz CT molecular complexity index is 970. The number of hydrogen-bond donors (Lipinski definition) is 0. The molecule has 1 aliphatic carbocycles. The molecule has 0 atom stereocenters. The topological polar surface area (TPSA) is 51.0 Å². The predicted molar refractivity (Wildman–Crippen MR) is 98.9 cm³/mol. The second-order valence-electron chi connectivity index (χ2n) is 7.05. The molecule has 4 rings (SSSR count). The van der Waals surface area contributed by atoms with Crippen molar-refractivity contribution < 1.29 is 13.6 Å². The Morgan fingerprint density at radius 1 is 1.11 bits per heavy atom. The Hall–Kier alpha value is -3.09. The molecule has 1 saturated carbocycles. The van der Waals surface area contributed by atoms with Crippen molar-refractivity contribution in [1.82, 2.24) is 19.4 Å². The summed E-state index contributed by atoms with van der Waals surface area (Å²) >= 11 is 0. The maximum atomic E-state index is 13.5. The van der Waals surface area contributed by atoms with Crippen LogP contribution >= 0.6 is 0 Å². The highest BCUT2D eigenvalue weighted by molar-refractivity contribution is 5.81. The highest BCUT2D eigenvalue weighted by atomic mass is 19.2. The summed E-state index contributed by atoms with van der Waals surface area (Å²) in [5.74, 6) is -0.839. The minimum absolute atomic E-state index is 0.0891. The molecule has 2 aromatic heterocycles. The van der Waals surface area contributed by atoms with Crippen molar-refractivity contribution in [3.05, 3.63) is 83.7 Å². The fourth-order valence-corrected chi connectivity index (χ4v) is 3.15. The van der Waals surface area contributed by atoms with E-state index >= 15 is 0 Å². The molecule has 1 aliphatic rings. The lowest BCUT2D eigenvalue weighted by Crippen LogP contribution is -2.32. The normalized spacial score (nSPS) is 13.5. The van der Waals surface area contributed by atoms with Crippen molar-refractivity contribution in [2.45, 2.75) is 32.5 Å². The van der Waals surface area contributed by atoms with E-state index in [1.54, 1.807) is 35.8 Å². The lowest BCUT2D eigenvalue weighted by Gasteiger charge is -2.23. The molecular weight excluding hydrogens is 362 g/mol. The number of halogens is 2. The molecule has 144 valence electrons. The summed E-state index contributed by atoms with van der Waals surface area (Å²) in [6.07, 6.45) is 8.73. The number of aromatic nitrogens is 3. The van der Waals surface area contributed by atoms with E-state index in [4.69, 9.17) is 0 Å². The molecule has 2 heterocycles. The molecule has 0 saturated heterocycles. The van der Waals surface area contributed by atoms with E-state index in [0.29, 0.717) is 31.0 Å². The molecule has 0 radical (unpaired) electrons. The minimum atomic E-state index is -0.874. The molecule has 7 heteroatoms. The maximum absolute atomic E-state index is 13.5. The number of rotatable bonds is 7. The van der Waals surface area contributed by atoms with Gasteiger partial charge in [-0.05, 0) is 42.2 Å². The maximum Gasteiger partial charge on any atom is 0.226 e. The van der Waals surface area contributed by atoms with E-state index in [1.165, 1.54) is 6.07 Å². The van der Waals surface area contributed by atoms with Crippen LogP contribution in [0.5, 0.6) is 0 Å². The Balaban J connectivity index is 1.53. The fraction of sp³-hybridized carbons (Fsp3) is 0.286. The van der Waals surface area contributed by atoms with Crippen molar-refractivity contribution in [3.63, 3.8) is 0 Å². The third-order valence-corrected chi connectivity index (χ3v) is 4.81. The number of imidazole rings is 1. The number of nitrogens with zero attached hydrogens (tertiary/aromatic N) is 4. The average molecular weight is 382 g/mol. The van der Waals surface area contributed by atoms with Gasteiger partial charge in [-0.15, -0.1) is 0 Å². The largest absolute Gasteiger partial charge is 0.331 e. The molecule has 0 bridgehead atoms. The van der Waals surface area contributed by atoms with E-state index in [0.717, 1.165) is 24.5 Å². The number of hydrogen-bond acceptors (Lipinski definition) is 3. The quantitative estimate of drug-likeness (QED) is 0.628. The first kappa shape index (κ1) is 18.3. The van der Waals surface area contributed by atoms with E-state index < -0.39 is 11.6 Å². The van der Waals surface area contributed by atoms with Crippen LogP contribution in [0.3, 0.4) is 0 Å². The SMILES string of the molecule is O=C(C1CC1)N(Cc1cccnc1)Cc1nccn1Cc1ccc(F)c(F)c1. The fourth-order valence-electron chi connectivity index (χ4n) is 3.15. The van der Waals surface area contributed by atoms with Crippen molar-refractivity contribution in [3.8, 4) is 0 Å². The summed E-state index contributed by atoms with van der Waals surface area (Å²) in [6, 6.07) is 7.63. The van der Waals surface area contributed by atoms with Crippen LogP contribution in [0.4, 0.5) is 8.78 Å². The standard InChI is InChI=1S/C21H20F2N4O/c22-18-6-3-15(10-19(18)23)12-26-9-8-25-20(26)14-27(21(28)17-4-5-17)13-16-2-1-7-24-11-16/h1-3,6-11,17H,4-5,12-14H2. The summed E-state index contributed by atoms with van der Waals surface area (Å²) in [7, 11) is 0. The zero-order chi connectivity index (χ0) is 19.5. The molecule has 1 fully saturated rings. The van der Waals surface area contributed by atoms with Crippen molar-refractivity contribution in [1.29, 1.82) is 0 Å². The summed E-state index contributed by atoms with van der Waals surface area (Å²) in [5.41, 5.74) is 1.58. The van der Waals surface area contributed by atoms with Crippen LogP contribution in [0.25, 0.3) is 0 Å². The molecular formula is C21H20F2N4O. The van der Waals surface area contributed by atoms with Crippen LogP contribution in [0.15, 0.2) is 55.1 Å². The molecule has 28 heavy (non-hydrogen) atoms. The van der Waals surface area contributed by atoms with Gasteiger partial charge in [-0.2, -0.15) is 0 Å². The number of pyridine rings is 1. The minimum Gasteiger partial charge on any atom is -0.331 e. The highest BCUT2D eigenvalue weighted by Gasteiger charge is 2.34. The van der Waals surface area contributed by atoms with Crippen LogP contribution in [0.1, 0.15) is 29.8 Å². The van der Waals surface area contributed by atoms with E-state index in [1.807, 2.05) is 16.7 Å². The zero-order valence-electron chi connectivity index (χ0n) is 15.3. The van der Waals surface area contributed by atoms with Gasteiger partial charge in [0.15, 0.2) is 11.6 Å². The second kappa shape index (κ2) is 7.88. The van der Waals surface area contributed by atoms with Crippen molar-refractivity contribution in [2.24, 2.45) is 5.92 Å². The van der Waals surface area contributed by atoms with Gasteiger partial charge in [0.05, 0.1) is 6.54 Å². The van der Waals surface area contributed by atoms with Crippen LogP contribution < -0.4 is 0 Å². The number of carbonyl (C=O) groups excluding carboxylic acids is 1. The van der Waals surface area contributed by atoms with E-state index in [-0.39, 0.29) is 11.8 Å². The van der Waals surface area contributed by atoms with Crippen LogP contribution in [0, 0.1) is 17.6 Å². The van der Waals surface area contributed by atoms with Gasteiger partial charge in [0, 0.05) is 43.8 Å². The van der Waals surface area contributed by atoms with Crippen molar-refractivity contribution in [2.75, 3.05) is 0 Å². The number of amides is 1. The summed E-state index contributed by atoms with van der Waals surface area (Å²) < 4.78 is 28.5. The third-order valence-electron chi connectivity index (χ3n) is 4.81. The van der Waals surface area contributed by atoms with Gasteiger partial charge < -0.3 is 9.47 Å². The van der Waals surface area contributed by atoms with Crippen LogP contribution in [-0.4, -0.2) is 25.3 Å². The molecule has 1 amide bonds. The van der Waals surface area contributed by atoms with E-state index in [9.17, 15) is 13.6 Å². The molecule has 0 unspecified atom stereocenters. The third kappa shape index (κ3) is 4.24. The monoisotopic (exact) mass is 382 g/mol. The molecule has 0 N–H and O–H groups in total. The number of benzene rings is 1. The van der Waals surface area contributed by atoms with Gasteiger partial charge in [0.2, 0.25) is 5.91 Å². The summed E-state index contributed by atoms with van der Waals surface area (Å²) in [4.78, 5) is 23.1. The van der Waals surface area contributed by atoms with Gasteiger partial charge >= 0.3 is 0 Å². The molecule has 5 nitrogen and oxygen atoms in total. The lowest BCUT2D eigenvalue weighted by atomic mass is 10.2. The Morgan fingerprint density at radius 3 is 2.68 bits per heavy atom.